The lowest BCUT2D eigenvalue weighted by molar-refractivity contribution is -0.142. The van der Waals surface area contributed by atoms with Crippen molar-refractivity contribution in [1.29, 1.82) is 0 Å². The molecule has 0 aliphatic heterocycles. The van der Waals surface area contributed by atoms with Crippen molar-refractivity contribution in [3.05, 3.63) is 12.3 Å². The van der Waals surface area contributed by atoms with Gasteiger partial charge in [0.15, 0.2) is 0 Å². The predicted octanol–water partition coefficient (Wildman–Crippen LogP) is 0.355. The van der Waals surface area contributed by atoms with Crippen LogP contribution in [0.15, 0.2) is 12.3 Å². The molecule has 0 spiro atoms. The van der Waals surface area contributed by atoms with E-state index in [0.717, 1.165) is 0 Å². The summed E-state index contributed by atoms with van der Waals surface area (Å²) in [6.45, 7) is 3.39. The Kier molecular flexibility index (Phi) is 3.09. The number of aryl methyl sites for hydroxylation is 1. The van der Waals surface area contributed by atoms with E-state index in [4.69, 9.17) is 5.11 Å². The number of aliphatic carboxylic acids is 1. The van der Waals surface area contributed by atoms with Crippen molar-refractivity contribution < 1.29 is 9.90 Å². The monoisotopic (exact) mass is 250 g/mol. The molecule has 1 N–H and O–H groups in total. The minimum absolute atomic E-state index is 0.352. The Morgan fingerprint density at radius 2 is 2.17 bits per heavy atom. The third kappa shape index (κ3) is 2.08. The second-order valence-corrected chi connectivity index (χ2v) is 4.19. The number of aromatic nitrogens is 6. The molecule has 2 rings (SSSR count). The van der Waals surface area contributed by atoms with Gasteiger partial charge in [0.25, 0.3) is 0 Å². The van der Waals surface area contributed by atoms with E-state index in [-0.39, 0.29) is 6.04 Å². The summed E-state index contributed by atoms with van der Waals surface area (Å²) >= 11 is 0. The third-order valence-corrected chi connectivity index (χ3v) is 2.93. The van der Waals surface area contributed by atoms with Gasteiger partial charge in [0.1, 0.15) is 5.69 Å². The molecular formula is C10H14N6O2. The molecule has 0 aromatic carbocycles. The van der Waals surface area contributed by atoms with Crippen LogP contribution in [0.2, 0.25) is 0 Å². The van der Waals surface area contributed by atoms with Crippen LogP contribution >= 0.6 is 0 Å². The number of tetrazole rings is 1. The number of rotatable bonds is 4. The maximum atomic E-state index is 11.0. The first-order valence-electron chi connectivity index (χ1n) is 5.51. The Bertz CT molecular complexity index is 560. The molecule has 2 heterocycles. The van der Waals surface area contributed by atoms with Gasteiger partial charge >= 0.3 is 5.97 Å². The molecule has 0 aliphatic rings. The van der Waals surface area contributed by atoms with Crippen LogP contribution in [0.4, 0.5) is 0 Å². The zero-order valence-corrected chi connectivity index (χ0v) is 10.3. The number of carboxylic acids is 1. The van der Waals surface area contributed by atoms with Crippen molar-refractivity contribution in [3.63, 3.8) is 0 Å². The van der Waals surface area contributed by atoms with E-state index in [1.54, 1.807) is 37.8 Å². The summed E-state index contributed by atoms with van der Waals surface area (Å²) in [4.78, 5) is 11.0. The highest BCUT2D eigenvalue weighted by Crippen LogP contribution is 2.22. The third-order valence-electron chi connectivity index (χ3n) is 2.93. The summed E-state index contributed by atoms with van der Waals surface area (Å²) in [5.41, 5.74) is 0.618. The highest BCUT2D eigenvalue weighted by atomic mass is 16.4. The Morgan fingerprint density at radius 1 is 1.44 bits per heavy atom. The average Bonchev–Trinajstić information content (AvgIpc) is 2.94. The van der Waals surface area contributed by atoms with Crippen molar-refractivity contribution in [2.45, 2.75) is 19.9 Å². The van der Waals surface area contributed by atoms with Crippen LogP contribution in [-0.2, 0) is 11.8 Å². The van der Waals surface area contributed by atoms with Crippen molar-refractivity contribution in [3.8, 4) is 11.5 Å². The molecule has 0 saturated heterocycles. The largest absolute Gasteiger partial charge is 0.481 e. The molecule has 96 valence electrons. The first kappa shape index (κ1) is 12.2. The van der Waals surface area contributed by atoms with Crippen molar-refractivity contribution in [1.82, 2.24) is 30.0 Å². The van der Waals surface area contributed by atoms with Crippen LogP contribution < -0.4 is 0 Å². The van der Waals surface area contributed by atoms with Gasteiger partial charge in [0, 0.05) is 13.2 Å². The lowest BCUT2D eigenvalue weighted by Gasteiger charge is -2.16. The maximum Gasteiger partial charge on any atom is 0.308 e. The summed E-state index contributed by atoms with van der Waals surface area (Å²) in [6.07, 6.45) is 1.78. The van der Waals surface area contributed by atoms with E-state index in [1.165, 1.54) is 4.68 Å². The Morgan fingerprint density at radius 3 is 2.72 bits per heavy atom. The molecule has 8 heteroatoms. The summed E-state index contributed by atoms with van der Waals surface area (Å²) in [7, 11) is 1.79. The van der Waals surface area contributed by atoms with E-state index < -0.39 is 11.9 Å². The van der Waals surface area contributed by atoms with Crippen LogP contribution in [0.3, 0.4) is 0 Å². The second-order valence-electron chi connectivity index (χ2n) is 4.19. The molecule has 2 unspecified atom stereocenters. The van der Waals surface area contributed by atoms with Gasteiger partial charge in [0.2, 0.25) is 5.82 Å². The lowest BCUT2D eigenvalue weighted by atomic mass is 10.0. The smallest absolute Gasteiger partial charge is 0.308 e. The summed E-state index contributed by atoms with van der Waals surface area (Å²) in [6, 6.07) is 1.43. The van der Waals surface area contributed by atoms with Crippen LogP contribution in [0.25, 0.3) is 11.5 Å². The lowest BCUT2D eigenvalue weighted by Crippen LogP contribution is -2.23. The first-order valence-corrected chi connectivity index (χ1v) is 5.51. The van der Waals surface area contributed by atoms with Gasteiger partial charge in [-0.05, 0) is 30.3 Å². The van der Waals surface area contributed by atoms with E-state index in [1.807, 2.05) is 0 Å². The SMILES string of the molecule is CC(C(=O)O)C(C)n1nnnc1-c1ccn(C)n1. The van der Waals surface area contributed by atoms with E-state index in [9.17, 15) is 4.79 Å². The molecule has 2 atom stereocenters. The summed E-state index contributed by atoms with van der Waals surface area (Å²) in [5.74, 6) is -1.00. The number of nitrogens with zero attached hydrogens (tertiary/aromatic N) is 6. The molecule has 8 nitrogen and oxygen atoms in total. The molecule has 0 bridgehead atoms. The van der Waals surface area contributed by atoms with Crippen LogP contribution in [0, 0.1) is 5.92 Å². The minimum Gasteiger partial charge on any atom is -0.481 e. The van der Waals surface area contributed by atoms with Crippen LogP contribution in [-0.4, -0.2) is 41.1 Å². The first-order chi connectivity index (χ1) is 8.50. The summed E-state index contributed by atoms with van der Waals surface area (Å²) in [5, 5.41) is 24.6. The van der Waals surface area contributed by atoms with E-state index in [2.05, 4.69) is 20.6 Å². The zero-order valence-electron chi connectivity index (χ0n) is 10.3. The molecule has 0 amide bonds. The molecule has 18 heavy (non-hydrogen) atoms. The molecule has 0 fully saturated rings. The molecule has 0 aliphatic carbocycles. The van der Waals surface area contributed by atoms with E-state index in [0.29, 0.717) is 11.5 Å². The van der Waals surface area contributed by atoms with Gasteiger partial charge in [0.05, 0.1) is 12.0 Å². The minimum atomic E-state index is -0.884. The average molecular weight is 250 g/mol. The van der Waals surface area contributed by atoms with E-state index >= 15 is 0 Å². The molecule has 0 radical (unpaired) electrons. The highest BCUT2D eigenvalue weighted by Gasteiger charge is 2.25. The molecular weight excluding hydrogens is 236 g/mol. The normalized spacial score (nSPS) is 14.4. The topological polar surface area (TPSA) is 98.7 Å². The second kappa shape index (κ2) is 4.55. The Labute approximate surface area is 103 Å². The summed E-state index contributed by atoms with van der Waals surface area (Å²) < 4.78 is 3.13. The van der Waals surface area contributed by atoms with Crippen molar-refractivity contribution >= 4 is 5.97 Å². The van der Waals surface area contributed by atoms with Crippen LogP contribution in [0.5, 0.6) is 0 Å². The van der Waals surface area contributed by atoms with Gasteiger partial charge in [-0.3, -0.25) is 9.48 Å². The van der Waals surface area contributed by atoms with Gasteiger partial charge in [-0.25, -0.2) is 4.68 Å². The standard InChI is InChI=1S/C10H14N6O2/c1-6(10(17)18)7(2)16-9(11-13-14-16)8-4-5-15(3)12-8/h4-7H,1-3H3,(H,17,18). The Hall–Kier alpha value is -2.25. The van der Waals surface area contributed by atoms with Gasteiger partial charge in [-0.2, -0.15) is 5.10 Å². The highest BCUT2D eigenvalue weighted by molar-refractivity contribution is 5.70. The number of hydrogen-bond donors (Lipinski definition) is 1. The zero-order chi connectivity index (χ0) is 13.3. The molecule has 0 saturated carbocycles. The molecule has 2 aromatic heterocycles. The number of carboxylic acid groups (broad SMARTS) is 1. The van der Waals surface area contributed by atoms with Crippen molar-refractivity contribution in [2.75, 3.05) is 0 Å². The van der Waals surface area contributed by atoms with Gasteiger partial charge in [-0.1, -0.05) is 0 Å². The molecule has 2 aromatic rings. The predicted molar refractivity (Wildman–Crippen MR) is 61.5 cm³/mol. The quantitative estimate of drug-likeness (QED) is 0.840. The number of hydrogen-bond acceptors (Lipinski definition) is 5. The van der Waals surface area contributed by atoms with Crippen molar-refractivity contribution in [2.24, 2.45) is 13.0 Å². The Balaban J connectivity index is 2.36. The van der Waals surface area contributed by atoms with Crippen LogP contribution in [0.1, 0.15) is 19.9 Å². The number of carbonyl (C=O) groups is 1. The fraction of sp³-hybridized carbons (Fsp3) is 0.500. The maximum absolute atomic E-state index is 11.0. The van der Waals surface area contributed by atoms with Gasteiger partial charge < -0.3 is 5.11 Å². The fourth-order valence-electron chi connectivity index (χ4n) is 1.59. The fourth-order valence-corrected chi connectivity index (χ4v) is 1.59. The van der Waals surface area contributed by atoms with Gasteiger partial charge in [-0.15, -0.1) is 5.10 Å².